The zero-order valence-electron chi connectivity index (χ0n) is 13.1. The molecule has 0 atom stereocenters. The third-order valence-corrected chi connectivity index (χ3v) is 3.83. The molecular formula is C18H16ClN3O2. The van der Waals surface area contributed by atoms with E-state index < -0.39 is 0 Å². The number of aromatic nitrogens is 2. The van der Waals surface area contributed by atoms with Crippen molar-refractivity contribution < 1.29 is 9.21 Å². The number of amides is 1. The number of hydrogen-bond donors (Lipinski definition) is 1. The lowest BCUT2D eigenvalue weighted by atomic mass is 10.1. The Labute approximate surface area is 144 Å². The summed E-state index contributed by atoms with van der Waals surface area (Å²) in [7, 11) is 0. The van der Waals surface area contributed by atoms with Gasteiger partial charge in [-0.1, -0.05) is 29.8 Å². The number of hydrogen-bond acceptors (Lipinski definition) is 4. The predicted molar refractivity (Wildman–Crippen MR) is 92.0 cm³/mol. The molecule has 5 nitrogen and oxygen atoms in total. The van der Waals surface area contributed by atoms with E-state index >= 15 is 0 Å². The standard InChI is InChI=1S/C18H16ClN3O2/c1-12-4-2-3-5-15(12)18-22-21-16(24-18)10-11-20-17(23)13-6-8-14(19)9-7-13/h2-9H,10-11H2,1H3,(H,20,23). The van der Waals surface area contributed by atoms with Gasteiger partial charge in [0.15, 0.2) is 0 Å². The number of benzene rings is 2. The zero-order chi connectivity index (χ0) is 16.9. The van der Waals surface area contributed by atoms with Crippen molar-refractivity contribution in [1.29, 1.82) is 0 Å². The number of nitrogens with zero attached hydrogens (tertiary/aromatic N) is 2. The van der Waals surface area contributed by atoms with Crippen LogP contribution in [0, 0.1) is 6.92 Å². The van der Waals surface area contributed by atoms with E-state index in [9.17, 15) is 4.79 Å². The Morgan fingerprint density at radius 3 is 2.62 bits per heavy atom. The van der Waals surface area contributed by atoms with Gasteiger partial charge in [-0.2, -0.15) is 0 Å². The summed E-state index contributed by atoms with van der Waals surface area (Å²) in [6, 6.07) is 14.6. The van der Waals surface area contributed by atoms with Gasteiger partial charge in [0.25, 0.3) is 5.91 Å². The molecule has 0 spiro atoms. The van der Waals surface area contributed by atoms with Gasteiger partial charge in [0.1, 0.15) is 0 Å². The summed E-state index contributed by atoms with van der Waals surface area (Å²) in [5.74, 6) is 0.821. The van der Waals surface area contributed by atoms with Gasteiger partial charge in [-0.25, -0.2) is 0 Å². The Kier molecular flexibility index (Phi) is 4.91. The summed E-state index contributed by atoms with van der Waals surface area (Å²) in [4.78, 5) is 12.0. The minimum atomic E-state index is -0.162. The van der Waals surface area contributed by atoms with Crippen LogP contribution in [0.2, 0.25) is 5.02 Å². The van der Waals surface area contributed by atoms with Gasteiger partial charge in [-0.15, -0.1) is 10.2 Å². The number of rotatable bonds is 5. The van der Waals surface area contributed by atoms with Crippen LogP contribution in [0.15, 0.2) is 52.9 Å². The lowest BCUT2D eigenvalue weighted by Gasteiger charge is -2.03. The Balaban J connectivity index is 1.57. The number of carbonyl (C=O) groups is 1. The molecular weight excluding hydrogens is 326 g/mol. The molecule has 3 rings (SSSR count). The first kappa shape index (κ1) is 16.2. The second kappa shape index (κ2) is 7.27. The first-order chi connectivity index (χ1) is 11.6. The van der Waals surface area contributed by atoms with Crippen LogP contribution in [-0.4, -0.2) is 22.6 Å². The molecule has 122 valence electrons. The van der Waals surface area contributed by atoms with Crippen molar-refractivity contribution in [3.63, 3.8) is 0 Å². The van der Waals surface area contributed by atoms with Gasteiger partial charge in [-0.05, 0) is 42.8 Å². The van der Waals surface area contributed by atoms with Crippen LogP contribution >= 0.6 is 11.6 Å². The number of aryl methyl sites for hydroxylation is 1. The SMILES string of the molecule is Cc1ccccc1-c1nnc(CCNC(=O)c2ccc(Cl)cc2)o1. The van der Waals surface area contributed by atoms with Crippen molar-refractivity contribution in [2.75, 3.05) is 6.54 Å². The highest BCUT2D eigenvalue weighted by atomic mass is 35.5. The van der Waals surface area contributed by atoms with Gasteiger partial charge >= 0.3 is 0 Å². The van der Waals surface area contributed by atoms with E-state index in [1.54, 1.807) is 24.3 Å². The molecule has 0 aliphatic heterocycles. The lowest BCUT2D eigenvalue weighted by molar-refractivity contribution is 0.0953. The molecule has 0 radical (unpaired) electrons. The smallest absolute Gasteiger partial charge is 0.251 e. The highest BCUT2D eigenvalue weighted by Crippen LogP contribution is 2.21. The fourth-order valence-corrected chi connectivity index (χ4v) is 2.39. The topological polar surface area (TPSA) is 68.0 Å². The van der Waals surface area contributed by atoms with Gasteiger partial charge < -0.3 is 9.73 Å². The fraction of sp³-hybridized carbons (Fsp3) is 0.167. The molecule has 6 heteroatoms. The summed E-state index contributed by atoms with van der Waals surface area (Å²) in [5, 5.41) is 11.5. The summed E-state index contributed by atoms with van der Waals surface area (Å²) < 4.78 is 5.66. The van der Waals surface area contributed by atoms with Crippen LogP contribution in [0.25, 0.3) is 11.5 Å². The minimum absolute atomic E-state index is 0.162. The second-order valence-corrected chi connectivity index (χ2v) is 5.77. The average Bonchev–Trinajstić information content (AvgIpc) is 3.04. The summed E-state index contributed by atoms with van der Waals surface area (Å²) in [6.45, 7) is 2.41. The van der Waals surface area contributed by atoms with Crippen LogP contribution < -0.4 is 5.32 Å². The Morgan fingerprint density at radius 2 is 1.88 bits per heavy atom. The van der Waals surface area contributed by atoms with Crippen molar-refractivity contribution in [3.05, 3.63) is 70.6 Å². The van der Waals surface area contributed by atoms with E-state index in [2.05, 4.69) is 15.5 Å². The van der Waals surface area contributed by atoms with Gasteiger partial charge in [-0.3, -0.25) is 4.79 Å². The number of carbonyl (C=O) groups excluding carboxylic acids is 1. The van der Waals surface area contributed by atoms with Gasteiger partial charge in [0.05, 0.1) is 0 Å². The molecule has 0 fully saturated rings. The Hall–Kier alpha value is -2.66. The zero-order valence-corrected chi connectivity index (χ0v) is 13.9. The maximum absolute atomic E-state index is 12.0. The van der Waals surface area contributed by atoms with Crippen LogP contribution in [0.3, 0.4) is 0 Å². The maximum atomic E-state index is 12.0. The largest absolute Gasteiger partial charge is 0.421 e. The number of nitrogens with one attached hydrogen (secondary N) is 1. The molecule has 1 amide bonds. The first-order valence-electron chi connectivity index (χ1n) is 7.55. The Bertz CT molecular complexity index is 843. The van der Waals surface area contributed by atoms with Crippen molar-refractivity contribution in [1.82, 2.24) is 15.5 Å². The quantitative estimate of drug-likeness (QED) is 0.768. The average molecular weight is 342 g/mol. The van der Waals surface area contributed by atoms with E-state index in [1.165, 1.54) is 0 Å². The third-order valence-electron chi connectivity index (χ3n) is 3.57. The monoisotopic (exact) mass is 341 g/mol. The van der Waals surface area contributed by atoms with Crippen molar-refractivity contribution in [3.8, 4) is 11.5 Å². The van der Waals surface area contributed by atoms with E-state index in [4.69, 9.17) is 16.0 Å². The molecule has 0 aliphatic carbocycles. The normalized spacial score (nSPS) is 10.6. The fourth-order valence-electron chi connectivity index (χ4n) is 2.26. The Morgan fingerprint density at radius 1 is 1.12 bits per heavy atom. The molecule has 24 heavy (non-hydrogen) atoms. The molecule has 2 aromatic carbocycles. The molecule has 0 aliphatic rings. The minimum Gasteiger partial charge on any atom is -0.421 e. The summed E-state index contributed by atoms with van der Waals surface area (Å²) in [5.41, 5.74) is 2.55. The van der Waals surface area contributed by atoms with Crippen LogP contribution in [0.4, 0.5) is 0 Å². The van der Waals surface area contributed by atoms with Crippen LogP contribution in [-0.2, 0) is 6.42 Å². The summed E-state index contributed by atoms with van der Waals surface area (Å²) in [6.07, 6.45) is 0.470. The van der Waals surface area contributed by atoms with Crippen molar-refractivity contribution in [2.24, 2.45) is 0 Å². The summed E-state index contributed by atoms with van der Waals surface area (Å²) >= 11 is 5.81. The highest BCUT2D eigenvalue weighted by molar-refractivity contribution is 6.30. The number of halogens is 1. The van der Waals surface area contributed by atoms with Crippen LogP contribution in [0.1, 0.15) is 21.8 Å². The predicted octanol–water partition coefficient (Wildman–Crippen LogP) is 3.67. The third kappa shape index (κ3) is 3.81. The van der Waals surface area contributed by atoms with Crippen molar-refractivity contribution in [2.45, 2.75) is 13.3 Å². The van der Waals surface area contributed by atoms with Crippen molar-refractivity contribution >= 4 is 17.5 Å². The molecule has 1 N–H and O–H groups in total. The molecule has 1 aromatic heterocycles. The van der Waals surface area contributed by atoms with Gasteiger partial charge in [0, 0.05) is 29.1 Å². The molecule has 0 saturated heterocycles. The van der Waals surface area contributed by atoms with E-state index in [1.807, 2.05) is 31.2 Å². The molecule has 0 bridgehead atoms. The highest BCUT2D eigenvalue weighted by Gasteiger charge is 2.11. The van der Waals surface area contributed by atoms with Crippen LogP contribution in [0.5, 0.6) is 0 Å². The molecule has 3 aromatic rings. The van der Waals surface area contributed by atoms with E-state index in [0.29, 0.717) is 35.3 Å². The van der Waals surface area contributed by atoms with E-state index in [-0.39, 0.29) is 5.91 Å². The van der Waals surface area contributed by atoms with Gasteiger partial charge in [0.2, 0.25) is 11.8 Å². The molecule has 0 unspecified atom stereocenters. The van der Waals surface area contributed by atoms with E-state index in [0.717, 1.165) is 11.1 Å². The second-order valence-electron chi connectivity index (χ2n) is 5.33. The molecule has 1 heterocycles. The lowest BCUT2D eigenvalue weighted by Crippen LogP contribution is -2.25. The molecule has 0 saturated carbocycles. The maximum Gasteiger partial charge on any atom is 0.251 e. The first-order valence-corrected chi connectivity index (χ1v) is 7.93.